The normalized spacial score (nSPS) is 18.2. The number of aliphatic hydroxyl groups is 1. The molecule has 6 nitrogen and oxygen atoms in total. The lowest BCUT2D eigenvalue weighted by atomic mass is 9.87. The Labute approximate surface area is 142 Å². The van der Waals surface area contributed by atoms with Crippen LogP contribution in [0.1, 0.15) is 38.5 Å². The SMILES string of the molecule is O=C(CC1CCCCC1)NC[C@H](O)COc1ccc2c(c1)OCO2. The number of amides is 1. The molecule has 0 radical (unpaired) electrons. The van der Waals surface area contributed by atoms with Crippen molar-refractivity contribution in [3.8, 4) is 17.2 Å². The molecule has 0 bridgehead atoms. The first-order valence-electron chi connectivity index (χ1n) is 8.68. The highest BCUT2D eigenvalue weighted by molar-refractivity contribution is 5.76. The van der Waals surface area contributed by atoms with Crippen LogP contribution in [0.25, 0.3) is 0 Å². The van der Waals surface area contributed by atoms with E-state index in [0.29, 0.717) is 29.6 Å². The summed E-state index contributed by atoms with van der Waals surface area (Å²) in [7, 11) is 0. The quantitative estimate of drug-likeness (QED) is 0.799. The number of hydrogen-bond donors (Lipinski definition) is 2. The molecule has 1 aromatic carbocycles. The van der Waals surface area contributed by atoms with Gasteiger partial charge in [0, 0.05) is 19.0 Å². The van der Waals surface area contributed by atoms with Crippen LogP contribution in [0, 0.1) is 5.92 Å². The summed E-state index contributed by atoms with van der Waals surface area (Å²) in [6.45, 7) is 0.536. The van der Waals surface area contributed by atoms with Gasteiger partial charge in [-0.25, -0.2) is 0 Å². The summed E-state index contributed by atoms with van der Waals surface area (Å²) in [4.78, 5) is 11.9. The van der Waals surface area contributed by atoms with Crippen molar-refractivity contribution in [2.75, 3.05) is 19.9 Å². The Bertz CT molecular complexity index is 556. The number of rotatable bonds is 7. The highest BCUT2D eigenvalue weighted by Gasteiger charge is 2.18. The third-order valence-corrected chi connectivity index (χ3v) is 4.52. The summed E-state index contributed by atoms with van der Waals surface area (Å²) >= 11 is 0. The fourth-order valence-electron chi connectivity index (χ4n) is 3.18. The molecule has 1 aliphatic carbocycles. The summed E-state index contributed by atoms with van der Waals surface area (Å²) in [5.74, 6) is 2.46. The van der Waals surface area contributed by atoms with Gasteiger partial charge < -0.3 is 24.6 Å². The molecule has 1 amide bonds. The Kier molecular flexibility index (Phi) is 5.80. The van der Waals surface area contributed by atoms with Crippen molar-refractivity contribution in [2.24, 2.45) is 5.92 Å². The molecule has 0 unspecified atom stereocenters. The van der Waals surface area contributed by atoms with Gasteiger partial charge in [-0.3, -0.25) is 4.79 Å². The van der Waals surface area contributed by atoms with Gasteiger partial charge in [-0.1, -0.05) is 19.3 Å². The second kappa shape index (κ2) is 8.24. The van der Waals surface area contributed by atoms with E-state index in [1.807, 2.05) is 0 Å². The number of benzene rings is 1. The van der Waals surface area contributed by atoms with Crippen LogP contribution in [-0.4, -0.2) is 37.1 Å². The van der Waals surface area contributed by atoms with Crippen LogP contribution in [0.2, 0.25) is 0 Å². The Morgan fingerprint density at radius 2 is 2.04 bits per heavy atom. The van der Waals surface area contributed by atoms with Gasteiger partial charge in [-0.2, -0.15) is 0 Å². The molecular formula is C18H25NO5. The standard InChI is InChI=1S/C18H25NO5/c20-14(10-19-18(21)8-13-4-2-1-3-5-13)11-22-15-6-7-16-17(9-15)24-12-23-16/h6-7,9,13-14,20H,1-5,8,10-12H2,(H,19,21)/t14-/m0/s1. The fraction of sp³-hybridized carbons (Fsp3) is 0.611. The minimum atomic E-state index is -0.745. The molecule has 24 heavy (non-hydrogen) atoms. The molecule has 1 fully saturated rings. The topological polar surface area (TPSA) is 77.0 Å². The first-order valence-corrected chi connectivity index (χ1v) is 8.68. The van der Waals surface area contributed by atoms with Gasteiger partial charge in [-0.15, -0.1) is 0 Å². The summed E-state index contributed by atoms with van der Waals surface area (Å²) < 4.78 is 16.0. The molecule has 1 aromatic rings. The van der Waals surface area contributed by atoms with E-state index in [-0.39, 0.29) is 25.9 Å². The zero-order valence-corrected chi connectivity index (χ0v) is 13.8. The van der Waals surface area contributed by atoms with Crippen LogP contribution in [0.3, 0.4) is 0 Å². The molecule has 0 aromatic heterocycles. The maximum atomic E-state index is 11.9. The molecule has 2 N–H and O–H groups in total. The number of nitrogens with one attached hydrogen (secondary N) is 1. The Hall–Kier alpha value is -1.95. The minimum absolute atomic E-state index is 0.0176. The second-order valence-electron chi connectivity index (χ2n) is 6.49. The number of carbonyl (C=O) groups excluding carboxylic acids is 1. The van der Waals surface area contributed by atoms with Crippen LogP contribution in [-0.2, 0) is 4.79 Å². The van der Waals surface area contributed by atoms with Crippen LogP contribution in [0.15, 0.2) is 18.2 Å². The van der Waals surface area contributed by atoms with Crippen molar-refractivity contribution in [2.45, 2.75) is 44.6 Å². The lowest BCUT2D eigenvalue weighted by Gasteiger charge is -2.21. The predicted molar refractivity (Wildman–Crippen MR) is 88.3 cm³/mol. The van der Waals surface area contributed by atoms with Crippen molar-refractivity contribution in [1.29, 1.82) is 0 Å². The smallest absolute Gasteiger partial charge is 0.231 e. The van der Waals surface area contributed by atoms with Crippen LogP contribution in [0.4, 0.5) is 0 Å². The number of aliphatic hydroxyl groups excluding tert-OH is 1. The molecular weight excluding hydrogens is 310 g/mol. The molecule has 0 saturated heterocycles. The molecule has 1 atom stereocenters. The number of carbonyl (C=O) groups is 1. The largest absolute Gasteiger partial charge is 0.491 e. The molecule has 0 spiro atoms. The maximum absolute atomic E-state index is 11.9. The average Bonchev–Trinajstić information content (AvgIpc) is 3.07. The predicted octanol–water partition coefficient (Wildman–Crippen LogP) is 2.24. The molecule has 1 aliphatic heterocycles. The lowest BCUT2D eigenvalue weighted by Crippen LogP contribution is -2.36. The van der Waals surface area contributed by atoms with Gasteiger partial charge in [-0.05, 0) is 30.9 Å². The fourth-order valence-corrected chi connectivity index (χ4v) is 3.18. The second-order valence-corrected chi connectivity index (χ2v) is 6.49. The maximum Gasteiger partial charge on any atom is 0.231 e. The van der Waals surface area contributed by atoms with Crippen molar-refractivity contribution < 1.29 is 24.1 Å². The summed E-state index contributed by atoms with van der Waals surface area (Å²) in [6.07, 6.45) is 5.84. The molecule has 2 aliphatic rings. The number of fused-ring (bicyclic) bond motifs is 1. The van der Waals surface area contributed by atoms with E-state index in [1.165, 1.54) is 19.3 Å². The molecule has 132 valence electrons. The third-order valence-electron chi connectivity index (χ3n) is 4.52. The van der Waals surface area contributed by atoms with E-state index in [0.717, 1.165) is 12.8 Å². The van der Waals surface area contributed by atoms with E-state index < -0.39 is 6.10 Å². The van der Waals surface area contributed by atoms with Gasteiger partial charge in [0.05, 0.1) is 0 Å². The first-order chi connectivity index (χ1) is 11.7. The van der Waals surface area contributed by atoms with Gasteiger partial charge in [0.25, 0.3) is 0 Å². The van der Waals surface area contributed by atoms with Crippen molar-refractivity contribution in [3.63, 3.8) is 0 Å². The summed E-state index contributed by atoms with van der Waals surface area (Å²) in [6, 6.07) is 5.27. The minimum Gasteiger partial charge on any atom is -0.491 e. The zero-order valence-electron chi connectivity index (χ0n) is 13.8. The molecule has 1 saturated carbocycles. The van der Waals surface area contributed by atoms with Gasteiger partial charge >= 0.3 is 0 Å². The van der Waals surface area contributed by atoms with E-state index in [9.17, 15) is 9.90 Å². The molecule has 1 heterocycles. The Morgan fingerprint density at radius 1 is 1.25 bits per heavy atom. The Morgan fingerprint density at radius 3 is 2.88 bits per heavy atom. The van der Waals surface area contributed by atoms with Gasteiger partial charge in [0.15, 0.2) is 11.5 Å². The summed E-state index contributed by atoms with van der Waals surface area (Å²) in [5.41, 5.74) is 0. The highest BCUT2D eigenvalue weighted by atomic mass is 16.7. The van der Waals surface area contributed by atoms with E-state index in [2.05, 4.69) is 5.32 Å². The third kappa shape index (κ3) is 4.77. The number of hydrogen-bond acceptors (Lipinski definition) is 5. The van der Waals surface area contributed by atoms with Crippen LogP contribution >= 0.6 is 0 Å². The van der Waals surface area contributed by atoms with Gasteiger partial charge in [0.1, 0.15) is 18.5 Å². The van der Waals surface area contributed by atoms with Crippen LogP contribution < -0.4 is 19.5 Å². The van der Waals surface area contributed by atoms with Crippen molar-refractivity contribution in [3.05, 3.63) is 18.2 Å². The van der Waals surface area contributed by atoms with Crippen LogP contribution in [0.5, 0.6) is 17.2 Å². The molecule has 3 rings (SSSR count). The van der Waals surface area contributed by atoms with Crippen molar-refractivity contribution in [1.82, 2.24) is 5.32 Å². The molecule has 6 heteroatoms. The monoisotopic (exact) mass is 335 g/mol. The van der Waals surface area contributed by atoms with E-state index >= 15 is 0 Å². The average molecular weight is 335 g/mol. The first kappa shape index (κ1) is 16.9. The van der Waals surface area contributed by atoms with Crippen molar-refractivity contribution >= 4 is 5.91 Å². The summed E-state index contributed by atoms with van der Waals surface area (Å²) in [5, 5.41) is 12.8. The Balaban J connectivity index is 1.34. The van der Waals surface area contributed by atoms with E-state index in [4.69, 9.17) is 14.2 Å². The lowest BCUT2D eigenvalue weighted by molar-refractivity contribution is -0.122. The van der Waals surface area contributed by atoms with Gasteiger partial charge in [0.2, 0.25) is 12.7 Å². The highest BCUT2D eigenvalue weighted by Crippen LogP contribution is 2.35. The number of ether oxygens (including phenoxy) is 3. The zero-order chi connectivity index (χ0) is 16.8. The van der Waals surface area contributed by atoms with E-state index in [1.54, 1.807) is 18.2 Å².